The highest BCUT2D eigenvalue weighted by molar-refractivity contribution is 5.96. The molecule has 1 atom stereocenters. The molecule has 0 saturated carbocycles. The predicted molar refractivity (Wildman–Crippen MR) is 114 cm³/mol. The predicted octanol–water partition coefficient (Wildman–Crippen LogP) is 3.48. The zero-order valence-electron chi connectivity index (χ0n) is 17.4. The highest BCUT2D eigenvalue weighted by Gasteiger charge is 2.22. The average Bonchev–Trinajstić information content (AvgIpc) is 3.38. The van der Waals surface area contributed by atoms with Crippen molar-refractivity contribution in [3.8, 4) is 11.3 Å². The number of aromatic nitrogens is 3. The van der Waals surface area contributed by atoms with Gasteiger partial charge in [-0.05, 0) is 19.3 Å². The smallest absolute Gasteiger partial charge is 0.248 e. The first-order valence-electron chi connectivity index (χ1n) is 10.0. The van der Waals surface area contributed by atoms with Gasteiger partial charge in [0.2, 0.25) is 11.8 Å². The standard InChI is InChI=1S/C22H27N5O3/c1-14(2)12-17(22(29)26-19-10-11-24-27-19)25-20(28)8-9-21-23-13-18(30-21)16-6-4-15(3)5-7-16/h4-7,10-11,13-14,17H,8-9,12H2,1-3H3,(H,25,28)(H2,24,26,27,29). The van der Waals surface area contributed by atoms with E-state index in [1.807, 2.05) is 45.0 Å². The van der Waals surface area contributed by atoms with Crippen LogP contribution in [0.3, 0.4) is 0 Å². The Kier molecular flexibility index (Phi) is 7.00. The molecule has 0 aliphatic carbocycles. The summed E-state index contributed by atoms with van der Waals surface area (Å²) in [5.74, 6) is 1.39. The first-order chi connectivity index (χ1) is 14.4. The van der Waals surface area contributed by atoms with Crippen molar-refractivity contribution >= 4 is 17.6 Å². The zero-order chi connectivity index (χ0) is 21.5. The molecule has 0 bridgehead atoms. The summed E-state index contributed by atoms with van der Waals surface area (Å²) in [6, 6.07) is 8.98. The summed E-state index contributed by atoms with van der Waals surface area (Å²) < 4.78 is 5.77. The number of anilines is 1. The Morgan fingerprint density at radius 2 is 1.93 bits per heavy atom. The molecule has 0 aliphatic rings. The number of aryl methyl sites for hydroxylation is 2. The van der Waals surface area contributed by atoms with Crippen LogP contribution in [-0.2, 0) is 16.0 Å². The van der Waals surface area contributed by atoms with Crippen LogP contribution in [0.15, 0.2) is 47.1 Å². The van der Waals surface area contributed by atoms with Crippen LogP contribution < -0.4 is 10.6 Å². The Hall–Kier alpha value is -3.42. The van der Waals surface area contributed by atoms with Crippen molar-refractivity contribution in [2.45, 2.75) is 46.1 Å². The van der Waals surface area contributed by atoms with Crippen LogP contribution in [0.5, 0.6) is 0 Å². The summed E-state index contributed by atoms with van der Waals surface area (Å²) in [4.78, 5) is 29.2. The molecule has 8 heteroatoms. The van der Waals surface area contributed by atoms with Crippen molar-refractivity contribution in [2.24, 2.45) is 5.92 Å². The first-order valence-corrected chi connectivity index (χ1v) is 10.0. The van der Waals surface area contributed by atoms with E-state index in [0.29, 0.717) is 30.3 Å². The molecule has 3 rings (SSSR count). The molecule has 2 heterocycles. The fourth-order valence-electron chi connectivity index (χ4n) is 3.01. The summed E-state index contributed by atoms with van der Waals surface area (Å²) in [5, 5.41) is 12.0. The maximum atomic E-state index is 12.5. The highest BCUT2D eigenvalue weighted by Crippen LogP contribution is 2.21. The van der Waals surface area contributed by atoms with Crippen LogP contribution in [0.1, 0.15) is 38.1 Å². The maximum absolute atomic E-state index is 12.5. The number of hydrogen-bond acceptors (Lipinski definition) is 5. The second-order valence-electron chi connectivity index (χ2n) is 7.69. The number of carbonyl (C=O) groups excluding carboxylic acids is 2. The minimum atomic E-state index is -0.631. The lowest BCUT2D eigenvalue weighted by molar-refractivity contribution is -0.126. The Morgan fingerprint density at radius 3 is 2.60 bits per heavy atom. The van der Waals surface area contributed by atoms with E-state index >= 15 is 0 Å². The fourth-order valence-corrected chi connectivity index (χ4v) is 3.01. The summed E-state index contributed by atoms with van der Waals surface area (Å²) >= 11 is 0. The molecule has 0 aliphatic heterocycles. The number of carbonyl (C=O) groups is 2. The van der Waals surface area contributed by atoms with Gasteiger partial charge in [0.05, 0.1) is 12.4 Å². The summed E-state index contributed by atoms with van der Waals surface area (Å²) in [7, 11) is 0. The molecule has 0 radical (unpaired) electrons. The van der Waals surface area contributed by atoms with Crippen molar-refractivity contribution in [1.82, 2.24) is 20.5 Å². The minimum Gasteiger partial charge on any atom is -0.441 e. The molecule has 30 heavy (non-hydrogen) atoms. The SMILES string of the molecule is Cc1ccc(-c2cnc(CCC(=O)NC(CC(C)C)C(=O)Nc3ccn[nH]3)o2)cc1. The van der Waals surface area contributed by atoms with E-state index in [0.717, 1.165) is 5.56 Å². The Labute approximate surface area is 175 Å². The summed E-state index contributed by atoms with van der Waals surface area (Å²) in [5.41, 5.74) is 2.11. The summed E-state index contributed by atoms with van der Waals surface area (Å²) in [6.45, 7) is 6.03. The maximum Gasteiger partial charge on any atom is 0.248 e. The quantitative estimate of drug-likeness (QED) is 0.501. The van der Waals surface area contributed by atoms with Crippen molar-refractivity contribution in [3.63, 3.8) is 0 Å². The van der Waals surface area contributed by atoms with E-state index < -0.39 is 6.04 Å². The number of H-pyrrole nitrogens is 1. The van der Waals surface area contributed by atoms with Crippen LogP contribution >= 0.6 is 0 Å². The zero-order valence-corrected chi connectivity index (χ0v) is 17.4. The van der Waals surface area contributed by atoms with Crippen molar-refractivity contribution in [1.29, 1.82) is 0 Å². The lowest BCUT2D eigenvalue weighted by atomic mass is 10.0. The molecular weight excluding hydrogens is 382 g/mol. The highest BCUT2D eigenvalue weighted by atomic mass is 16.4. The number of amides is 2. The Bertz CT molecular complexity index is 961. The molecule has 0 fully saturated rings. The number of benzene rings is 1. The Morgan fingerprint density at radius 1 is 1.17 bits per heavy atom. The van der Waals surface area contributed by atoms with Gasteiger partial charge in [0.25, 0.3) is 0 Å². The molecule has 158 valence electrons. The van der Waals surface area contributed by atoms with Crippen LogP contribution in [0.25, 0.3) is 11.3 Å². The molecule has 2 aromatic heterocycles. The van der Waals surface area contributed by atoms with Crippen molar-refractivity contribution in [3.05, 3.63) is 54.2 Å². The molecule has 1 unspecified atom stereocenters. The molecule has 0 saturated heterocycles. The van der Waals surface area contributed by atoms with Crippen molar-refractivity contribution < 1.29 is 14.0 Å². The molecule has 8 nitrogen and oxygen atoms in total. The average molecular weight is 409 g/mol. The minimum absolute atomic E-state index is 0.180. The number of oxazole rings is 1. The third-order valence-corrected chi connectivity index (χ3v) is 4.57. The van der Waals surface area contributed by atoms with Gasteiger partial charge in [0, 0.05) is 24.5 Å². The van der Waals surface area contributed by atoms with Crippen LogP contribution in [0, 0.1) is 12.8 Å². The molecular formula is C22H27N5O3. The van der Waals surface area contributed by atoms with Gasteiger partial charge in [-0.3, -0.25) is 14.7 Å². The van der Waals surface area contributed by atoms with Crippen LogP contribution in [0.4, 0.5) is 5.82 Å². The molecule has 3 N–H and O–H groups in total. The van der Waals surface area contributed by atoms with E-state index in [9.17, 15) is 9.59 Å². The van der Waals surface area contributed by atoms with E-state index in [1.54, 1.807) is 18.5 Å². The summed E-state index contributed by atoms with van der Waals surface area (Å²) in [6.07, 6.45) is 4.28. The van der Waals surface area contributed by atoms with Gasteiger partial charge in [-0.15, -0.1) is 0 Å². The van der Waals surface area contributed by atoms with E-state index in [2.05, 4.69) is 25.8 Å². The van der Waals surface area contributed by atoms with Crippen LogP contribution in [0.2, 0.25) is 0 Å². The normalized spacial score (nSPS) is 12.0. The van der Waals surface area contributed by atoms with Gasteiger partial charge >= 0.3 is 0 Å². The molecule has 3 aromatic rings. The second kappa shape index (κ2) is 9.87. The molecule has 2 amide bonds. The lowest BCUT2D eigenvalue weighted by Gasteiger charge is -2.19. The first kappa shape index (κ1) is 21.3. The number of nitrogens with one attached hydrogen (secondary N) is 3. The van der Waals surface area contributed by atoms with Crippen molar-refractivity contribution in [2.75, 3.05) is 5.32 Å². The third kappa shape index (κ3) is 6.04. The monoisotopic (exact) mass is 409 g/mol. The van der Waals surface area contributed by atoms with Gasteiger partial charge < -0.3 is 15.1 Å². The second-order valence-corrected chi connectivity index (χ2v) is 7.69. The molecule has 1 aromatic carbocycles. The fraction of sp³-hybridized carbons (Fsp3) is 0.364. The lowest BCUT2D eigenvalue weighted by Crippen LogP contribution is -2.44. The van der Waals surface area contributed by atoms with Gasteiger partial charge in [-0.2, -0.15) is 5.10 Å². The topological polar surface area (TPSA) is 113 Å². The van der Waals surface area contributed by atoms with Gasteiger partial charge in [-0.1, -0.05) is 43.7 Å². The Balaban J connectivity index is 1.55. The van der Waals surface area contributed by atoms with Gasteiger partial charge in [-0.25, -0.2) is 4.98 Å². The number of hydrogen-bond donors (Lipinski definition) is 3. The van der Waals surface area contributed by atoms with E-state index in [4.69, 9.17) is 4.42 Å². The van der Waals surface area contributed by atoms with E-state index in [1.165, 1.54) is 5.56 Å². The van der Waals surface area contributed by atoms with Gasteiger partial charge in [0.1, 0.15) is 11.9 Å². The third-order valence-electron chi connectivity index (χ3n) is 4.57. The van der Waals surface area contributed by atoms with Crippen LogP contribution in [-0.4, -0.2) is 33.0 Å². The largest absolute Gasteiger partial charge is 0.441 e. The number of nitrogens with zero attached hydrogens (tertiary/aromatic N) is 2. The number of rotatable bonds is 9. The van der Waals surface area contributed by atoms with E-state index in [-0.39, 0.29) is 24.2 Å². The molecule has 0 spiro atoms. The number of aromatic amines is 1. The van der Waals surface area contributed by atoms with Gasteiger partial charge in [0.15, 0.2) is 11.7 Å².